The van der Waals surface area contributed by atoms with Crippen molar-refractivity contribution in [3.63, 3.8) is 0 Å². The third-order valence-electron chi connectivity index (χ3n) is 2.15. The van der Waals surface area contributed by atoms with Gasteiger partial charge < -0.3 is 25.7 Å². The van der Waals surface area contributed by atoms with Gasteiger partial charge in [0, 0.05) is 19.8 Å². The van der Waals surface area contributed by atoms with Crippen LogP contribution in [0.25, 0.3) is 0 Å². The van der Waals surface area contributed by atoms with Gasteiger partial charge in [0.05, 0.1) is 13.2 Å². The Morgan fingerprint density at radius 2 is 1.41 bits per heavy atom. The second-order valence-corrected chi connectivity index (χ2v) is 3.93. The standard InChI is InChI=1S/C12H28N2O3/c1-2-7-17-12(10-15-8-3-5-13)11-16-9-4-6-14/h12H,2-11,13-14H2,1H3. The second-order valence-electron chi connectivity index (χ2n) is 3.93. The molecule has 0 unspecified atom stereocenters. The van der Waals surface area contributed by atoms with Gasteiger partial charge in [0.2, 0.25) is 0 Å². The first-order valence-electron chi connectivity index (χ1n) is 6.52. The second kappa shape index (κ2) is 13.9. The summed E-state index contributed by atoms with van der Waals surface area (Å²) in [7, 11) is 0. The molecule has 17 heavy (non-hydrogen) atoms. The smallest absolute Gasteiger partial charge is 0.104 e. The van der Waals surface area contributed by atoms with Crippen molar-refractivity contribution in [3.05, 3.63) is 0 Å². The Bertz CT molecular complexity index is 136. The molecule has 0 aromatic rings. The Kier molecular flexibility index (Phi) is 13.7. The number of nitrogens with two attached hydrogens (primary N) is 2. The highest BCUT2D eigenvalue weighted by Crippen LogP contribution is 1.98. The number of hydrogen-bond donors (Lipinski definition) is 2. The van der Waals surface area contributed by atoms with Crippen molar-refractivity contribution in [2.75, 3.05) is 46.1 Å². The van der Waals surface area contributed by atoms with E-state index in [-0.39, 0.29) is 6.10 Å². The van der Waals surface area contributed by atoms with Crippen LogP contribution in [0, 0.1) is 0 Å². The molecule has 0 saturated heterocycles. The van der Waals surface area contributed by atoms with E-state index in [1.54, 1.807) is 0 Å². The third kappa shape index (κ3) is 12.1. The van der Waals surface area contributed by atoms with Crippen molar-refractivity contribution < 1.29 is 14.2 Å². The molecule has 0 spiro atoms. The van der Waals surface area contributed by atoms with Crippen molar-refractivity contribution in [2.45, 2.75) is 32.3 Å². The van der Waals surface area contributed by atoms with Gasteiger partial charge in [0.1, 0.15) is 6.10 Å². The monoisotopic (exact) mass is 248 g/mol. The summed E-state index contributed by atoms with van der Waals surface area (Å²) in [6.07, 6.45) is 2.79. The molecule has 5 heteroatoms. The number of rotatable bonds is 13. The zero-order valence-corrected chi connectivity index (χ0v) is 11.0. The van der Waals surface area contributed by atoms with Gasteiger partial charge in [-0.25, -0.2) is 0 Å². The van der Waals surface area contributed by atoms with Crippen molar-refractivity contribution in [3.8, 4) is 0 Å². The minimum atomic E-state index is 0.0190. The van der Waals surface area contributed by atoms with Gasteiger partial charge in [0.15, 0.2) is 0 Å². The molecule has 0 heterocycles. The van der Waals surface area contributed by atoms with E-state index in [2.05, 4.69) is 6.92 Å². The third-order valence-corrected chi connectivity index (χ3v) is 2.15. The summed E-state index contributed by atoms with van der Waals surface area (Å²) in [5.74, 6) is 0. The molecular weight excluding hydrogens is 220 g/mol. The first kappa shape index (κ1) is 16.8. The summed E-state index contributed by atoms with van der Waals surface area (Å²) in [4.78, 5) is 0. The average Bonchev–Trinajstić information content (AvgIpc) is 2.35. The molecule has 0 aliphatic heterocycles. The van der Waals surface area contributed by atoms with Crippen LogP contribution < -0.4 is 11.5 Å². The maximum atomic E-state index is 5.64. The predicted molar refractivity (Wildman–Crippen MR) is 69.0 cm³/mol. The zero-order valence-electron chi connectivity index (χ0n) is 11.0. The van der Waals surface area contributed by atoms with Crippen LogP contribution in [0.3, 0.4) is 0 Å². The molecule has 0 aliphatic rings. The van der Waals surface area contributed by atoms with Gasteiger partial charge in [-0.15, -0.1) is 0 Å². The largest absolute Gasteiger partial charge is 0.379 e. The topological polar surface area (TPSA) is 79.7 Å². The summed E-state index contributed by atoms with van der Waals surface area (Å²) >= 11 is 0. The normalized spacial score (nSPS) is 11.3. The zero-order chi connectivity index (χ0) is 12.8. The maximum absolute atomic E-state index is 5.64. The highest BCUT2D eigenvalue weighted by molar-refractivity contribution is 4.56. The molecule has 0 radical (unpaired) electrons. The van der Waals surface area contributed by atoms with Crippen molar-refractivity contribution in [1.82, 2.24) is 0 Å². The molecule has 0 atom stereocenters. The molecule has 0 bridgehead atoms. The van der Waals surface area contributed by atoms with E-state index in [0.29, 0.717) is 39.5 Å². The van der Waals surface area contributed by atoms with E-state index in [0.717, 1.165) is 25.9 Å². The van der Waals surface area contributed by atoms with E-state index >= 15 is 0 Å². The number of hydrogen-bond acceptors (Lipinski definition) is 5. The molecule has 104 valence electrons. The molecule has 0 rings (SSSR count). The summed E-state index contributed by atoms with van der Waals surface area (Å²) < 4.78 is 16.6. The fourth-order valence-corrected chi connectivity index (χ4v) is 1.23. The van der Waals surface area contributed by atoms with Crippen LogP contribution >= 0.6 is 0 Å². The molecule has 0 amide bonds. The maximum Gasteiger partial charge on any atom is 0.104 e. The Morgan fingerprint density at radius 3 is 1.82 bits per heavy atom. The fourth-order valence-electron chi connectivity index (χ4n) is 1.23. The van der Waals surface area contributed by atoms with Gasteiger partial charge in [-0.3, -0.25) is 0 Å². The molecule has 0 saturated carbocycles. The van der Waals surface area contributed by atoms with E-state index in [1.807, 2.05) is 0 Å². The Labute approximate surface area is 105 Å². The van der Waals surface area contributed by atoms with Crippen LogP contribution in [-0.4, -0.2) is 52.2 Å². The van der Waals surface area contributed by atoms with Gasteiger partial charge in [-0.2, -0.15) is 0 Å². The van der Waals surface area contributed by atoms with E-state index in [1.165, 1.54) is 0 Å². The summed E-state index contributed by atoms with van der Waals surface area (Å²) in [6.45, 7) is 6.66. The van der Waals surface area contributed by atoms with Crippen LogP contribution in [0.2, 0.25) is 0 Å². The lowest BCUT2D eigenvalue weighted by Crippen LogP contribution is -2.27. The van der Waals surface area contributed by atoms with Gasteiger partial charge >= 0.3 is 0 Å². The van der Waals surface area contributed by atoms with E-state index in [4.69, 9.17) is 25.7 Å². The van der Waals surface area contributed by atoms with E-state index < -0.39 is 0 Å². The molecule has 0 aromatic heterocycles. The van der Waals surface area contributed by atoms with Crippen molar-refractivity contribution in [2.24, 2.45) is 11.5 Å². The molecule has 5 nitrogen and oxygen atoms in total. The SMILES string of the molecule is CCCOC(COCCCN)COCCCN. The van der Waals surface area contributed by atoms with Gasteiger partial charge in [-0.05, 0) is 32.4 Å². The Morgan fingerprint density at radius 1 is 0.882 bits per heavy atom. The Balaban J connectivity index is 3.56. The highest BCUT2D eigenvalue weighted by Gasteiger charge is 2.09. The van der Waals surface area contributed by atoms with Crippen molar-refractivity contribution in [1.29, 1.82) is 0 Å². The summed E-state index contributed by atoms with van der Waals surface area (Å²) in [5, 5.41) is 0. The molecule has 0 aromatic carbocycles. The van der Waals surface area contributed by atoms with Gasteiger partial charge in [-0.1, -0.05) is 6.92 Å². The minimum Gasteiger partial charge on any atom is -0.379 e. The van der Waals surface area contributed by atoms with E-state index in [9.17, 15) is 0 Å². The van der Waals surface area contributed by atoms with Crippen LogP contribution in [0.4, 0.5) is 0 Å². The van der Waals surface area contributed by atoms with Crippen LogP contribution in [0.15, 0.2) is 0 Å². The lowest BCUT2D eigenvalue weighted by atomic mass is 10.4. The fraction of sp³-hybridized carbons (Fsp3) is 1.00. The lowest BCUT2D eigenvalue weighted by molar-refractivity contribution is -0.0598. The van der Waals surface area contributed by atoms with Crippen LogP contribution in [0.1, 0.15) is 26.2 Å². The first-order chi connectivity index (χ1) is 8.35. The number of ether oxygens (including phenoxy) is 3. The Hall–Kier alpha value is -0.200. The predicted octanol–water partition coefficient (Wildman–Crippen LogP) is 0.512. The quantitative estimate of drug-likeness (QED) is 0.464. The average molecular weight is 248 g/mol. The minimum absolute atomic E-state index is 0.0190. The molecule has 0 fully saturated rings. The summed E-state index contributed by atoms with van der Waals surface area (Å²) in [5.41, 5.74) is 10.8. The lowest BCUT2D eigenvalue weighted by Gasteiger charge is -2.17. The van der Waals surface area contributed by atoms with Crippen molar-refractivity contribution >= 4 is 0 Å². The summed E-state index contributed by atoms with van der Waals surface area (Å²) in [6, 6.07) is 0. The van der Waals surface area contributed by atoms with Gasteiger partial charge in [0.25, 0.3) is 0 Å². The molecule has 4 N–H and O–H groups in total. The van der Waals surface area contributed by atoms with Crippen LogP contribution in [0.5, 0.6) is 0 Å². The highest BCUT2D eigenvalue weighted by atomic mass is 16.6. The first-order valence-corrected chi connectivity index (χ1v) is 6.52. The molecular formula is C12H28N2O3. The van der Waals surface area contributed by atoms with Crippen LogP contribution in [-0.2, 0) is 14.2 Å². The molecule has 0 aliphatic carbocycles.